The van der Waals surface area contributed by atoms with Crippen molar-refractivity contribution in [3.8, 4) is 0 Å². The maximum atomic E-state index is 12.8. The van der Waals surface area contributed by atoms with Gasteiger partial charge in [-0.15, -0.1) is 0 Å². The number of carbonyl (C=O) groups excluding carboxylic acids is 2. The van der Waals surface area contributed by atoms with Crippen LogP contribution in [0.25, 0.3) is 0 Å². The van der Waals surface area contributed by atoms with Crippen molar-refractivity contribution in [3.63, 3.8) is 0 Å². The monoisotopic (exact) mass is 399 g/mol. The maximum absolute atomic E-state index is 12.8. The second-order valence-electron chi connectivity index (χ2n) is 12.0. The fraction of sp³-hybridized carbons (Fsp3) is 0.917. The Hall–Kier alpha value is -1.10. The lowest BCUT2D eigenvalue weighted by Crippen LogP contribution is -2.63. The molecule has 3 amide bonds. The van der Waals surface area contributed by atoms with Crippen LogP contribution < -0.4 is 16.0 Å². The third-order valence-electron chi connectivity index (χ3n) is 9.72. The number of urea groups is 1. The van der Waals surface area contributed by atoms with Gasteiger partial charge in [0, 0.05) is 11.6 Å². The van der Waals surface area contributed by atoms with Gasteiger partial charge in [0.05, 0.1) is 6.04 Å². The molecule has 8 aliphatic rings. The lowest BCUT2D eigenvalue weighted by molar-refractivity contribution is -0.122. The fourth-order valence-corrected chi connectivity index (χ4v) is 9.32. The molecular weight excluding hydrogens is 362 g/mol. The molecule has 8 aliphatic carbocycles. The Morgan fingerprint density at radius 2 is 1.24 bits per heavy atom. The highest BCUT2D eigenvalue weighted by Crippen LogP contribution is 2.56. The van der Waals surface area contributed by atoms with Crippen molar-refractivity contribution in [3.05, 3.63) is 0 Å². The smallest absolute Gasteiger partial charge is 0.321 e. The summed E-state index contributed by atoms with van der Waals surface area (Å²) in [5, 5.41) is 9.58. The summed E-state index contributed by atoms with van der Waals surface area (Å²) in [4.78, 5) is 25.5. The summed E-state index contributed by atoms with van der Waals surface area (Å²) in [5.74, 6) is 5.54. The van der Waals surface area contributed by atoms with Crippen molar-refractivity contribution in [2.75, 3.05) is 0 Å². The predicted molar refractivity (Wildman–Crippen MR) is 111 cm³/mol. The summed E-state index contributed by atoms with van der Waals surface area (Å²) in [7, 11) is 0. The zero-order valence-corrected chi connectivity index (χ0v) is 17.8. The predicted octanol–water partition coefficient (Wildman–Crippen LogP) is 3.58. The van der Waals surface area contributed by atoms with Gasteiger partial charge in [0.15, 0.2) is 0 Å². The third-order valence-corrected chi connectivity index (χ3v) is 9.72. The number of imide groups is 1. The summed E-state index contributed by atoms with van der Waals surface area (Å²) in [6.45, 7) is 1.93. The van der Waals surface area contributed by atoms with Gasteiger partial charge in [0.1, 0.15) is 0 Å². The Balaban J connectivity index is 1.04. The van der Waals surface area contributed by atoms with E-state index in [1.807, 2.05) is 6.92 Å². The topological polar surface area (TPSA) is 70.2 Å². The molecular formula is C24H37N3O2. The van der Waals surface area contributed by atoms with Crippen molar-refractivity contribution in [2.24, 2.45) is 41.4 Å². The minimum atomic E-state index is -0.306. The van der Waals surface area contributed by atoms with E-state index in [1.54, 1.807) is 0 Å². The van der Waals surface area contributed by atoms with E-state index in [-0.39, 0.29) is 23.5 Å². The summed E-state index contributed by atoms with van der Waals surface area (Å²) in [5.41, 5.74) is -0.0444. The third kappa shape index (κ3) is 3.32. The Bertz CT molecular complexity index is 641. The maximum Gasteiger partial charge on any atom is 0.321 e. The van der Waals surface area contributed by atoms with Gasteiger partial charge in [0.25, 0.3) is 0 Å². The molecule has 8 bridgehead atoms. The first-order valence-corrected chi connectivity index (χ1v) is 12.3. The summed E-state index contributed by atoms with van der Waals surface area (Å²) in [6, 6.07) is -0.106. The van der Waals surface area contributed by atoms with Crippen LogP contribution in [0, 0.1) is 41.4 Å². The van der Waals surface area contributed by atoms with Gasteiger partial charge in [-0.2, -0.15) is 0 Å². The van der Waals surface area contributed by atoms with E-state index in [1.165, 1.54) is 51.4 Å². The first kappa shape index (κ1) is 18.7. The van der Waals surface area contributed by atoms with Crippen LogP contribution in [0.1, 0.15) is 77.6 Å². The molecule has 29 heavy (non-hydrogen) atoms. The van der Waals surface area contributed by atoms with E-state index in [0.717, 1.165) is 60.7 Å². The highest BCUT2D eigenvalue weighted by Gasteiger charge is 2.52. The number of carbonyl (C=O) groups is 2. The first-order valence-electron chi connectivity index (χ1n) is 12.3. The Kier molecular flexibility index (Phi) is 4.31. The van der Waals surface area contributed by atoms with E-state index in [0.29, 0.717) is 6.04 Å². The molecule has 0 aromatic rings. The van der Waals surface area contributed by atoms with E-state index in [9.17, 15) is 9.59 Å². The molecule has 0 saturated heterocycles. The number of rotatable bonds is 4. The average molecular weight is 400 g/mol. The number of hydrogen-bond donors (Lipinski definition) is 3. The minimum Gasteiger partial charge on any atom is -0.332 e. The quantitative estimate of drug-likeness (QED) is 0.677. The zero-order valence-electron chi connectivity index (χ0n) is 17.8. The van der Waals surface area contributed by atoms with Crippen LogP contribution in [0.3, 0.4) is 0 Å². The van der Waals surface area contributed by atoms with Crippen molar-refractivity contribution < 1.29 is 9.59 Å². The molecule has 0 unspecified atom stereocenters. The molecule has 5 heteroatoms. The Labute approximate surface area is 174 Å². The Morgan fingerprint density at radius 1 is 0.759 bits per heavy atom. The van der Waals surface area contributed by atoms with Gasteiger partial charge in [-0.1, -0.05) is 0 Å². The van der Waals surface area contributed by atoms with Gasteiger partial charge in [0.2, 0.25) is 5.91 Å². The number of nitrogens with one attached hydrogen (secondary N) is 3. The van der Waals surface area contributed by atoms with Crippen molar-refractivity contribution in [2.45, 2.75) is 95.2 Å². The highest BCUT2D eigenvalue weighted by molar-refractivity contribution is 5.97. The van der Waals surface area contributed by atoms with E-state index in [4.69, 9.17) is 0 Å². The van der Waals surface area contributed by atoms with Crippen molar-refractivity contribution >= 4 is 11.9 Å². The fourth-order valence-electron chi connectivity index (χ4n) is 9.32. The summed E-state index contributed by atoms with van der Waals surface area (Å²) >= 11 is 0. The van der Waals surface area contributed by atoms with Crippen LogP contribution in [0.15, 0.2) is 0 Å². The second-order valence-corrected chi connectivity index (χ2v) is 12.0. The molecule has 0 spiro atoms. The van der Waals surface area contributed by atoms with Gasteiger partial charge in [-0.05, 0) is 119 Å². The normalized spacial score (nSPS) is 49.8. The van der Waals surface area contributed by atoms with Crippen LogP contribution in [0.5, 0.6) is 0 Å². The second kappa shape index (κ2) is 6.70. The summed E-state index contributed by atoms with van der Waals surface area (Å²) in [6.07, 6.45) is 14.2. The SMILES string of the molecule is C[C@@H](NC1C2CC3CC(C2)CC1C3)C(=O)NC(=O)NC12CC3CC(CC(C3)C1)C2. The van der Waals surface area contributed by atoms with Crippen LogP contribution >= 0.6 is 0 Å². The zero-order chi connectivity index (χ0) is 19.8. The molecule has 0 radical (unpaired) electrons. The minimum absolute atomic E-state index is 0.0444. The molecule has 3 N–H and O–H groups in total. The van der Waals surface area contributed by atoms with E-state index < -0.39 is 0 Å². The summed E-state index contributed by atoms with van der Waals surface area (Å²) < 4.78 is 0. The van der Waals surface area contributed by atoms with Gasteiger partial charge in [-0.25, -0.2) is 4.79 Å². The molecule has 8 fully saturated rings. The number of amides is 3. The van der Waals surface area contributed by atoms with Gasteiger partial charge >= 0.3 is 6.03 Å². The molecule has 8 saturated carbocycles. The average Bonchev–Trinajstić information content (AvgIpc) is 2.62. The molecule has 0 heterocycles. The molecule has 8 rings (SSSR count). The van der Waals surface area contributed by atoms with E-state index >= 15 is 0 Å². The van der Waals surface area contributed by atoms with Crippen molar-refractivity contribution in [1.29, 1.82) is 0 Å². The molecule has 0 aromatic carbocycles. The Morgan fingerprint density at radius 3 is 1.76 bits per heavy atom. The standard InChI is InChI=1S/C24H37N3O2/c1-13(25-21-19-6-14-2-15(8-19)9-20(21)7-14)22(28)26-23(29)27-24-10-16-3-17(11-24)5-18(4-16)12-24/h13-21,25H,2-12H2,1H3,(H2,26,27,28,29)/t13-,14?,15?,16?,17?,18?,19?,20?,21?,24?/m1/s1. The molecule has 1 atom stereocenters. The molecule has 5 nitrogen and oxygen atoms in total. The molecule has 0 aromatic heterocycles. The van der Waals surface area contributed by atoms with Crippen LogP contribution in [0.2, 0.25) is 0 Å². The number of hydrogen-bond acceptors (Lipinski definition) is 3. The largest absolute Gasteiger partial charge is 0.332 e. The van der Waals surface area contributed by atoms with E-state index in [2.05, 4.69) is 16.0 Å². The van der Waals surface area contributed by atoms with Gasteiger partial charge in [-0.3, -0.25) is 10.1 Å². The van der Waals surface area contributed by atoms with Crippen LogP contribution in [-0.2, 0) is 4.79 Å². The first-order chi connectivity index (χ1) is 13.9. The molecule has 160 valence electrons. The lowest BCUT2D eigenvalue weighted by atomic mass is 9.53. The van der Waals surface area contributed by atoms with Gasteiger partial charge < -0.3 is 10.6 Å². The lowest BCUT2D eigenvalue weighted by Gasteiger charge is -2.56. The van der Waals surface area contributed by atoms with Crippen LogP contribution in [0.4, 0.5) is 4.79 Å². The van der Waals surface area contributed by atoms with Crippen LogP contribution in [-0.4, -0.2) is 29.6 Å². The van der Waals surface area contributed by atoms with Crippen molar-refractivity contribution in [1.82, 2.24) is 16.0 Å². The highest BCUT2D eigenvalue weighted by atomic mass is 16.2. The molecule has 0 aliphatic heterocycles.